The fourth-order valence-electron chi connectivity index (χ4n) is 2.08. The van der Waals surface area contributed by atoms with Gasteiger partial charge in [0.05, 0.1) is 0 Å². The summed E-state index contributed by atoms with van der Waals surface area (Å²) in [6.45, 7) is 0. The quantitative estimate of drug-likeness (QED) is 0.756. The number of carbonyl (C=O) groups is 1. The van der Waals surface area contributed by atoms with E-state index >= 15 is 0 Å². The standard InChI is InChI=1S/C12H16N2O2.ClH/c13-9-5-4-8(6-9)12(16)14-10-2-1-3-11(15)7-10;/h1-3,7-9,15H,4-6,13H2,(H,14,16);1H. The van der Waals surface area contributed by atoms with E-state index in [1.165, 1.54) is 6.07 Å². The zero-order chi connectivity index (χ0) is 11.5. The van der Waals surface area contributed by atoms with E-state index in [4.69, 9.17) is 5.73 Å². The van der Waals surface area contributed by atoms with Crippen LogP contribution in [0.5, 0.6) is 5.75 Å². The summed E-state index contributed by atoms with van der Waals surface area (Å²) in [5, 5.41) is 12.1. The summed E-state index contributed by atoms with van der Waals surface area (Å²) in [4.78, 5) is 11.8. The topological polar surface area (TPSA) is 75.4 Å². The number of phenolic OH excluding ortho intramolecular Hbond substituents is 1. The molecular weight excluding hydrogens is 240 g/mol. The highest BCUT2D eigenvalue weighted by atomic mass is 35.5. The van der Waals surface area contributed by atoms with Crippen LogP contribution in [-0.2, 0) is 4.79 Å². The molecule has 17 heavy (non-hydrogen) atoms. The number of nitrogens with one attached hydrogen (secondary N) is 1. The number of benzene rings is 1. The molecule has 1 amide bonds. The first-order chi connectivity index (χ1) is 7.65. The average Bonchev–Trinajstić information content (AvgIpc) is 2.65. The third-order valence-corrected chi connectivity index (χ3v) is 2.96. The van der Waals surface area contributed by atoms with E-state index in [-0.39, 0.29) is 36.0 Å². The van der Waals surface area contributed by atoms with Crippen molar-refractivity contribution >= 4 is 24.0 Å². The lowest BCUT2D eigenvalue weighted by Crippen LogP contribution is -2.23. The Kier molecular flexibility index (Phi) is 4.78. The Hall–Kier alpha value is -1.26. The van der Waals surface area contributed by atoms with Crippen LogP contribution in [0.2, 0.25) is 0 Å². The van der Waals surface area contributed by atoms with Gasteiger partial charge in [-0.15, -0.1) is 12.4 Å². The molecular formula is C12H17ClN2O2. The van der Waals surface area contributed by atoms with Crippen LogP contribution in [0.4, 0.5) is 5.69 Å². The van der Waals surface area contributed by atoms with E-state index in [1.807, 2.05) is 0 Å². The highest BCUT2D eigenvalue weighted by Gasteiger charge is 2.27. The number of nitrogens with two attached hydrogens (primary N) is 1. The van der Waals surface area contributed by atoms with Gasteiger partial charge >= 0.3 is 0 Å². The van der Waals surface area contributed by atoms with Gasteiger partial charge in [-0.25, -0.2) is 0 Å². The van der Waals surface area contributed by atoms with Gasteiger partial charge in [-0.05, 0) is 31.4 Å². The summed E-state index contributed by atoms with van der Waals surface area (Å²) < 4.78 is 0. The minimum atomic E-state index is -0.00134. The van der Waals surface area contributed by atoms with Crippen molar-refractivity contribution in [3.05, 3.63) is 24.3 Å². The van der Waals surface area contributed by atoms with Crippen LogP contribution in [0.1, 0.15) is 19.3 Å². The minimum Gasteiger partial charge on any atom is -0.508 e. The van der Waals surface area contributed by atoms with Crippen LogP contribution in [-0.4, -0.2) is 17.1 Å². The lowest BCUT2D eigenvalue weighted by atomic mass is 10.1. The van der Waals surface area contributed by atoms with Crippen molar-refractivity contribution < 1.29 is 9.90 Å². The molecule has 1 fully saturated rings. The molecule has 0 radical (unpaired) electrons. The number of hydrogen-bond donors (Lipinski definition) is 3. The number of hydrogen-bond acceptors (Lipinski definition) is 3. The van der Waals surface area contributed by atoms with Crippen molar-refractivity contribution in [2.45, 2.75) is 25.3 Å². The summed E-state index contributed by atoms with van der Waals surface area (Å²) in [6.07, 6.45) is 2.52. The Bertz CT molecular complexity index is 398. The van der Waals surface area contributed by atoms with Crippen molar-refractivity contribution in [1.82, 2.24) is 0 Å². The SMILES string of the molecule is Cl.NC1CCC(C(=O)Nc2cccc(O)c2)C1. The molecule has 0 aromatic heterocycles. The molecule has 5 heteroatoms. The van der Waals surface area contributed by atoms with Gasteiger partial charge in [0.25, 0.3) is 0 Å². The summed E-state index contributed by atoms with van der Waals surface area (Å²) in [5.41, 5.74) is 6.39. The molecule has 0 bridgehead atoms. The summed E-state index contributed by atoms with van der Waals surface area (Å²) >= 11 is 0. The second-order valence-corrected chi connectivity index (χ2v) is 4.31. The third-order valence-electron chi connectivity index (χ3n) is 2.96. The third kappa shape index (κ3) is 3.61. The van der Waals surface area contributed by atoms with Gasteiger partial charge in [-0.1, -0.05) is 6.07 Å². The van der Waals surface area contributed by atoms with E-state index in [2.05, 4.69) is 5.32 Å². The van der Waals surface area contributed by atoms with Crippen LogP contribution in [0.15, 0.2) is 24.3 Å². The number of halogens is 1. The Labute approximate surface area is 107 Å². The second-order valence-electron chi connectivity index (χ2n) is 4.31. The number of rotatable bonds is 2. The zero-order valence-electron chi connectivity index (χ0n) is 9.43. The first-order valence-corrected chi connectivity index (χ1v) is 5.50. The molecule has 0 spiro atoms. The number of phenols is 1. The zero-order valence-corrected chi connectivity index (χ0v) is 10.2. The van der Waals surface area contributed by atoms with Crippen LogP contribution in [0.3, 0.4) is 0 Å². The molecule has 2 atom stereocenters. The minimum absolute atomic E-state index is 0. The second kappa shape index (κ2) is 5.89. The molecule has 4 nitrogen and oxygen atoms in total. The highest BCUT2D eigenvalue weighted by Crippen LogP contribution is 2.26. The monoisotopic (exact) mass is 256 g/mol. The Morgan fingerprint density at radius 3 is 2.76 bits per heavy atom. The lowest BCUT2D eigenvalue weighted by molar-refractivity contribution is -0.119. The molecule has 0 saturated heterocycles. The first kappa shape index (κ1) is 13.8. The molecule has 4 N–H and O–H groups in total. The summed E-state index contributed by atoms with van der Waals surface area (Å²) in [7, 11) is 0. The highest BCUT2D eigenvalue weighted by molar-refractivity contribution is 5.92. The Balaban J connectivity index is 0.00000144. The maximum absolute atomic E-state index is 11.8. The van der Waals surface area contributed by atoms with E-state index in [0.717, 1.165) is 19.3 Å². The van der Waals surface area contributed by atoms with Crippen LogP contribution in [0, 0.1) is 5.92 Å². The number of aromatic hydroxyl groups is 1. The van der Waals surface area contributed by atoms with Crippen LogP contribution >= 0.6 is 12.4 Å². The first-order valence-electron chi connectivity index (χ1n) is 5.50. The molecule has 1 aromatic rings. The molecule has 1 saturated carbocycles. The van der Waals surface area contributed by atoms with Crippen molar-refractivity contribution in [3.8, 4) is 5.75 Å². The van der Waals surface area contributed by atoms with E-state index < -0.39 is 0 Å². The van der Waals surface area contributed by atoms with E-state index in [9.17, 15) is 9.90 Å². The fourth-order valence-corrected chi connectivity index (χ4v) is 2.08. The number of amides is 1. The molecule has 2 rings (SSSR count). The van der Waals surface area contributed by atoms with E-state index in [1.54, 1.807) is 18.2 Å². The fraction of sp³-hybridized carbons (Fsp3) is 0.417. The molecule has 1 aliphatic carbocycles. The van der Waals surface area contributed by atoms with Gasteiger partial charge in [-0.2, -0.15) is 0 Å². The lowest BCUT2D eigenvalue weighted by Gasteiger charge is -2.10. The number of carbonyl (C=O) groups excluding carboxylic acids is 1. The van der Waals surface area contributed by atoms with Crippen molar-refractivity contribution in [2.24, 2.45) is 11.7 Å². The normalized spacial score (nSPS) is 22.9. The molecule has 1 aromatic carbocycles. The van der Waals surface area contributed by atoms with Gasteiger partial charge in [-0.3, -0.25) is 4.79 Å². The summed E-state index contributed by atoms with van der Waals surface area (Å²) in [6, 6.07) is 6.71. The van der Waals surface area contributed by atoms with Crippen molar-refractivity contribution in [3.63, 3.8) is 0 Å². The van der Waals surface area contributed by atoms with Gasteiger partial charge < -0.3 is 16.2 Å². The average molecular weight is 257 g/mol. The Morgan fingerprint density at radius 2 is 2.18 bits per heavy atom. The maximum Gasteiger partial charge on any atom is 0.227 e. The predicted octanol–water partition coefficient (Wildman–Crippen LogP) is 1.88. The number of anilines is 1. The van der Waals surface area contributed by atoms with Gasteiger partial charge in [0.1, 0.15) is 5.75 Å². The van der Waals surface area contributed by atoms with Crippen molar-refractivity contribution in [1.29, 1.82) is 0 Å². The molecule has 2 unspecified atom stereocenters. The van der Waals surface area contributed by atoms with Gasteiger partial charge in [0.2, 0.25) is 5.91 Å². The predicted molar refractivity (Wildman–Crippen MR) is 69.3 cm³/mol. The van der Waals surface area contributed by atoms with Crippen LogP contribution < -0.4 is 11.1 Å². The molecule has 1 aliphatic rings. The van der Waals surface area contributed by atoms with E-state index in [0.29, 0.717) is 5.69 Å². The largest absolute Gasteiger partial charge is 0.508 e. The summed E-state index contributed by atoms with van der Waals surface area (Å²) in [5.74, 6) is 0.164. The smallest absolute Gasteiger partial charge is 0.227 e. The molecule has 94 valence electrons. The van der Waals surface area contributed by atoms with Gasteiger partial charge in [0.15, 0.2) is 0 Å². The molecule has 0 aliphatic heterocycles. The van der Waals surface area contributed by atoms with Crippen molar-refractivity contribution in [2.75, 3.05) is 5.32 Å². The molecule has 0 heterocycles. The van der Waals surface area contributed by atoms with Crippen LogP contribution in [0.25, 0.3) is 0 Å². The van der Waals surface area contributed by atoms with Gasteiger partial charge in [0, 0.05) is 23.7 Å². The Morgan fingerprint density at radius 1 is 1.41 bits per heavy atom. The maximum atomic E-state index is 11.8.